The highest BCUT2D eigenvalue weighted by molar-refractivity contribution is 5.80. The van der Waals surface area contributed by atoms with Crippen LogP contribution in [0.25, 0.3) is 0 Å². The van der Waals surface area contributed by atoms with E-state index in [9.17, 15) is 9.90 Å². The molecule has 82 valence electrons. The van der Waals surface area contributed by atoms with Gasteiger partial charge in [-0.15, -0.1) is 0 Å². The van der Waals surface area contributed by atoms with Crippen LogP contribution in [0.15, 0.2) is 11.6 Å². The fourth-order valence-corrected chi connectivity index (χ4v) is 1.40. The van der Waals surface area contributed by atoms with Gasteiger partial charge in [-0.3, -0.25) is 4.90 Å². The number of aliphatic hydroxyl groups is 1. The van der Waals surface area contributed by atoms with E-state index in [1.54, 1.807) is 20.8 Å². The molecule has 0 unspecified atom stereocenters. The number of nitrogens with zero attached hydrogens (tertiary/aromatic N) is 1. The summed E-state index contributed by atoms with van der Waals surface area (Å²) in [4.78, 5) is 12.2. The molecule has 0 bridgehead atoms. The number of aliphatic carboxylic acids is 1. The number of likely N-dealkylation sites (N-methyl/N-ethyl adjacent to an activating group) is 1. The van der Waals surface area contributed by atoms with Crippen molar-refractivity contribution in [3.63, 3.8) is 0 Å². The van der Waals surface area contributed by atoms with Gasteiger partial charge in [0.1, 0.15) is 0 Å². The molecule has 0 amide bonds. The van der Waals surface area contributed by atoms with Gasteiger partial charge in [0, 0.05) is 19.2 Å². The molecule has 4 heteroatoms. The van der Waals surface area contributed by atoms with E-state index < -0.39 is 11.6 Å². The first kappa shape index (κ1) is 13.1. The van der Waals surface area contributed by atoms with Crippen LogP contribution in [0, 0.1) is 0 Å². The monoisotopic (exact) mass is 201 g/mol. The van der Waals surface area contributed by atoms with Crippen molar-refractivity contribution in [1.29, 1.82) is 0 Å². The molecule has 0 aliphatic rings. The lowest BCUT2D eigenvalue weighted by Gasteiger charge is -2.25. The van der Waals surface area contributed by atoms with Crippen LogP contribution in [0.5, 0.6) is 0 Å². The number of hydrogen-bond acceptors (Lipinski definition) is 3. The highest BCUT2D eigenvalue weighted by Gasteiger charge is 2.15. The Bertz CT molecular complexity index is 228. The molecular weight excluding hydrogens is 182 g/mol. The largest absolute Gasteiger partial charge is 0.478 e. The summed E-state index contributed by atoms with van der Waals surface area (Å²) in [7, 11) is 1.84. The number of carboxylic acids is 1. The summed E-state index contributed by atoms with van der Waals surface area (Å²) in [6.07, 6.45) is 1.18. The van der Waals surface area contributed by atoms with Gasteiger partial charge in [-0.25, -0.2) is 4.79 Å². The quantitative estimate of drug-likeness (QED) is 0.643. The van der Waals surface area contributed by atoms with E-state index in [4.69, 9.17) is 5.11 Å². The molecule has 0 aromatic heterocycles. The van der Waals surface area contributed by atoms with Crippen LogP contribution in [-0.2, 0) is 4.79 Å². The van der Waals surface area contributed by atoms with E-state index in [0.29, 0.717) is 13.1 Å². The second kappa shape index (κ2) is 5.12. The van der Waals surface area contributed by atoms with Crippen LogP contribution < -0.4 is 0 Å². The zero-order valence-corrected chi connectivity index (χ0v) is 9.24. The summed E-state index contributed by atoms with van der Waals surface area (Å²) < 4.78 is 0. The maximum Gasteiger partial charge on any atom is 0.328 e. The summed E-state index contributed by atoms with van der Waals surface area (Å²) in [5, 5.41) is 18.0. The summed E-state index contributed by atoms with van der Waals surface area (Å²) in [6, 6.07) is 0. The normalized spacial score (nSPS) is 13.4. The minimum Gasteiger partial charge on any atom is -0.478 e. The lowest BCUT2D eigenvalue weighted by Crippen LogP contribution is -2.37. The first-order chi connectivity index (χ1) is 6.20. The number of carboxylic acid groups (broad SMARTS) is 1. The van der Waals surface area contributed by atoms with E-state index >= 15 is 0 Å². The van der Waals surface area contributed by atoms with Crippen molar-refractivity contribution in [3.05, 3.63) is 11.6 Å². The third-order valence-corrected chi connectivity index (χ3v) is 1.55. The van der Waals surface area contributed by atoms with Crippen molar-refractivity contribution in [1.82, 2.24) is 4.90 Å². The summed E-state index contributed by atoms with van der Waals surface area (Å²) in [6.45, 7) is 6.27. The van der Waals surface area contributed by atoms with Crippen LogP contribution >= 0.6 is 0 Å². The van der Waals surface area contributed by atoms with Gasteiger partial charge < -0.3 is 10.2 Å². The van der Waals surface area contributed by atoms with Crippen molar-refractivity contribution in [2.75, 3.05) is 20.1 Å². The molecule has 0 heterocycles. The van der Waals surface area contributed by atoms with E-state index in [-0.39, 0.29) is 0 Å². The molecule has 0 atom stereocenters. The Hall–Kier alpha value is -0.870. The van der Waals surface area contributed by atoms with Gasteiger partial charge >= 0.3 is 5.97 Å². The SMILES string of the molecule is CC(=CC(=O)O)CN(C)CC(C)(C)O. The molecule has 0 aliphatic heterocycles. The zero-order chi connectivity index (χ0) is 11.4. The van der Waals surface area contributed by atoms with Crippen molar-refractivity contribution >= 4 is 5.97 Å². The van der Waals surface area contributed by atoms with Crippen LogP contribution in [0.4, 0.5) is 0 Å². The maximum atomic E-state index is 10.3. The number of rotatable bonds is 5. The minimum atomic E-state index is -0.931. The van der Waals surface area contributed by atoms with Gasteiger partial charge in [0.15, 0.2) is 0 Å². The molecule has 0 saturated carbocycles. The first-order valence-corrected chi connectivity index (χ1v) is 4.52. The highest BCUT2D eigenvalue weighted by atomic mass is 16.4. The molecule has 0 fully saturated rings. The summed E-state index contributed by atoms with van der Waals surface area (Å²) in [5.74, 6) is -0.931. The van der Waals surface area contributed by atoms with Gasteiger partial charge in [0.2, 0.25) is 0 Å². The molecule has 2 N–H and O–H groups in total. The Balaban J connectivity index is 4.07. The van der Waals surface area contributed by atoms with Crippen molar-refractivity contribution < 1.29 is 15.0 Å². The van der Waals surface area contributed by atoms with Gasteiger partial charge in [-0.05, 0) is 27.8 Å². The van der Waals surface area contributed by atoms with E-state index in [0.717, 1.165) is 5.57 Å². The van der Waals surface area contributed by atoms with Crippen LogP contribution in [0.1, 0.15) is 20.8 Å². The van der Waals surface area contributed by atoms with E-state index in [2.05, 4.69) is 0 Å². The van der Waals surface area contributed by atoms with Crippen LogP contribution in [0.3, 0.4) is 0 Å². The maximum absolute atomic E-state index is 10.3. The predicted molar refractivity (Wildman–Crippen MR) is 55.2 cm³/mol. The Morgan fingerprint density at radius 1 is 1.50 bits per heavy atom. The van der Waals surface area contributed by atoms with Crippen molar-refractivity contribution in [2.24, 2.45) is 0 Å². The lowest BCUT2D eigenvalue weighted by molar-refractivity contribution is -0.131. The fraction of sp³-hybridized carbons (Fsp3) is 0.700. The Morgan fingerprint density at radius 2 is 2.00 bits per heavy atom. The standard InChI is InChI=1S/C10H19NO3/c1-8(5-9(12)13)6-11(4)7-10(2,3)14/h5,14H,6-7H2,1-4H3,(H,12,13). The van der Waals surface area contributed by atoms with Crippen LogP contribution in [0.2, 0.25) is 0 Å². The minimum absolute atomic E-state index is 0.512. The molecule has 0 saturated heterocycles. The average Bonchev–Trinajstić information content (AvgIpc) is 1.77. The second-order valence-electron chi connectivity index (χ2n) is 4.31. The Labute approximate surface area is 84.8 Å². The lowest BCUT2D eigenvalue weighted by atomic mass is 10.1. The Kier molecular flexibility index (Phi) is 4.80. The molecule has 4 nitrogen and oxygen atoms in total. The molecule has 0 radical (unpaired) electrons. The second-order valence-corrected chi connectivity index (χ2v) is 4.31. The van der Waals surface area contributed by atoms with Gasteiger partial charge in [-0.1, -0.05) is 5.57 Å². The molecule has 0 rings (SSSR count). The van der Waals surface area contributed by atoms with Gasteiger partial charge in [0.05, 0.1) is 5.60 Å². The van der Waals surface area contributed by atoms with Crippen LogP contribution in [-0.4, -0.2) is 46.8 Å². The van der Waals surface area contributed by atoms with E-state index in [1.165, 1.54) is 6.08 Å². The van der Waals surface area contributed by atoms with Crippen molar-refractivity contribution in [2.45, 2.75) is 26.4 Å². The average molecular weight is 201 g/mol. The molecule has 14 heavy (non-hydrogen) atoms. The highest BCUT2D eigenvalue weighted by Crippen LogP contribution is 2.05. The predicted octanol–water partition coefficient (Wildman–Crippen LogP) is 0.720. The molecule has 0 aromatic carbocycles. The third-order valence-electron chi connectivity index (χ3n) is 1.55. The number of carbonyl (C=O) groups is 1. The summed E-state index contributed by atoms with van der Waals surface area (Å²) >= 11 is 0. The molecule has 0 spiro atoms. The van der Waals surface area contributed by atoms with Crippen molar-refractivity contribution in [3.8, 4) is 0 Å². The third kappa shape index (κ3) is 7.76. The molecule has 0 aromatic rings. The molecule has 0 aliphatic carbocycles. The first-order valence-electron chi connectivity index (χ1n) is 4.52. The van der Waals surface area contributed by atoms with Gasteiger partial charge in [-0.2, -0.15) is 0 Å². The Morgan fingerprint density at radius 3 is 2.36 bits per heavy atom. The van der Waals surface area contributed by atoms with E-state index in [1.807, 2.05) is 11.9 Å². The number of hydrogen-bond donors (Lipinski definition) is 2. The zero-order valence-electron chi connectivity index (χ0n) is 9.24. The smallest absolute Gasteiger partial charge is 0.328 e. The fourth-order valence-electron chi connectivity index (χ4n) is 1.40. The molecular formula is C10H19NO3. The van der Waals surface area contributed by atoms with Gasteiger partial charge in [0.25, 0.3) is 0 Å². The summed E-state index contributed by atoms with van der Waals surface area (Å²) in [5.41, 5.74) is 0.0161. The topological polar surface area (TPSA) is 60.8 Å².